The highest BCUT2D eigenvalue weighted by molar-refractivity contribution is 7.79. The van der Waals surface area contributed by atoms with Crippen LogP contribution >= 0.6 is 12.2 Å². The normalized spacial score (nSPS) is 10.6. The zero-order chi connectivity index (χ0) is 11.0. The van der Waals surface area contributed by atoms with Gasteiger partial charge in [-0.15, -0.1) is 0 Å². The van der Waals surface area contributed by atoms with Crippen molar-refractivity contribution < 1.29 is 0 Å². The molecule has 0 aromatic heterocycles. The first-order chi connectivity index (χ1) is 7.16. The van der Waals surface area contributed by atoms with Crippen LogP contribution in [0.1, 0.15) is 22.3 Å². The van der Waals surface area contributed by atoms with Gasteiger partial charge in [0.05, 0.1) is 0 Å². The molecule has 0 heterocycles. The molecule has 0 amide bonds. The zero-order valence-corrected chi connectivity index (χ0v) is 10.1. The van der Waals surface area contributed by atoms with Crippen LogP contribution in [0.4, 0.5) is 0 Å². The highest BCUT2D eigenvalue weighted by atomic mass is 32.1. The number of hydrogen-bond donors (Lipinski definition) is 0. The van der Waals surface area contributed by atoms with E-state index < -0.39 is 0 Å². The maximum atomic E-state index is 5.11. The molecule has 0 fully saturated rings. The number of aryl methyl sites for hydroxylation is 1. The number of thiocarbonyl (C=S) groups is 1. The highest BCUT2D eigenvalue weighted by Gasteiger charge is 2.08. The Morgan fingerprint density at radius 2 is 1.47 bits per heavy atom. The van der Waals surface area contributed by atoms with Gasteiger partial charge in [0.15, 0.2) is 0 Å². The molecule has 2 rings (SSSR count). The SMILES string of the molecule is Cc1c(C)c(C=S)c2ccccc2c1C. The molecule has 0 nitrogen and oxygen atoms in total. The lowest BCUT2D eigenvalue weighted by Gasteiger charge is -2.13. The fourth-order valence-corrected chi connectivity index (χ4v) is 2.39. The summed E-state index contributed by atoms with van der Waals surface area (Å²) in [4.78, 5) is 0. The Hall–Kier alpha value is -1.21. The molecule has 2 aromatic rings. The molecule has 0 aliphatic carbocycles. The van der Waals surface area contributed by atoms with Crippen molar-refractivity contribution in [2.75, 3.05) is 0 Å². The van der Waals surface area contributed by atoms with E-state index in [2.05, 4.69) is 45.0 Å². The Bertz CT molecular complexity index is 539. The van der Waals surface area contributed by atoms with E-state index in [0.29, 0.717) is 0 Å². The molecule has 76 valence electrons. The van der Waals surface area contributed by atoms with Gasteiger partial charge in [-0.25, -0.2) is 0 Å². The summed E-state index contributed by atoms with van der Waals surface area (Å²) in [6.07, 6.45) is 0. The van der Waals surface area contributed by atoms with Gasteiger partial charge in [-0.3, -0.25) is 0 Å². The molecule has 0 N–H and O–H groups in total. The fourth-order valence-electron chi connectivity index (χ4n) is 2.08. The second-order valence-corrected chi connectivity index (χ2v) is 4.19. The van der Waals surface area contributed by atoms with Crippen molar-refractivity contribution in [3.8, 4) is 0 Å². The number of rotatable bonds is 1. The molecule has 0 saturated carbocycles. The number of hydrogen-bond acceptors (Lipinski definition) is 1. The van der Waals surface area contributed by atoms with Crippen LogP contribution in [-0.2, 0) is 0 Å². The molecule has 0 aliphatic heterocycles. The topological polar surface area (TPSA) is 0 Å². The summed E-state index contributed by atoms with van der Waals surface area (Å²) >= 11 is 5.11. The highest BCUT2D eigenvalue weighted by Crippen LogP contribution is 2.28. The zero-order valence-electron chi connectivity index (χ0n) is 9.29. The van der Waals surface area contributed by atoms with Crippen LogP contribution in [0.3, 0.4) is 0 Å². The Kier molecular flexibility index (Phi) is 2.57. The molecule has 1 heteroatoms. The predicted octanol–water partition coefficient (Wildman–Crippen LogP) is 4.11. The van der Waals surface area contributed by atoms with Gasteiger partial charge in [-0.2, -0.15) is 0 Å². The predicted molar refractivity (Wildman–Crippen MR) is 70.9 cm³/mol. The summed E-state index contributed by atoms with van der Waals surface area (Å²) in [5, 5.41) is 4.38. The Morgan fingerprint density at radius 3 is 2.07 bits per heavy atom. The number of benzene rings is 2. The first-order valence-corrected chi connectivity index (χ1v) is 5.57. The van der Waals surface area contributed by atoms with Crippen LogP contribution in [0.2, 0.25) is 0 Å². The Labute approximate surface area is 95.9 Å². The molecule has 0 bridgehead atoms. The van der Waals surface area contributed by atoms with Crippen LogP contribution in [0.5, 0.6) is 0 Å². The maximum Gasteiger partial charge on any atom is 0.00951 e. The van der Waals surface area contributed by atoms with Crippen LogP contribution in [0, 0.1) is 20.8 Å². The van der Waals surface area contributed by atoms with E-state index in [4.69, 9.17) is 12.2 Å². The van der Waals surface area contributed by atoms with Gasteiger partial charge in [-0.1, -0.05) is 36.5 Å². The van der Waals surface area contributed by atoms with E-state index in [9.17, 15) is 0 Å². The molecule has 0 atom stereocenters. The minimum Gasteiger partial charge on any atom is -0.0880 e. The van der Waals surface area contributed by atoms with E-state index in [1.807, 2.05) is 0 Å². The van der Waals surface area contributed by atoms with Crippen molar-refractivity contribution >= 4 is 28.4 Å². The van der Waals surface area contributed by atoms with Crippen molar-refractivity contribution in [2.45, 2.75) is 20.8 Å². The summed E-state index contributed by atoms with van der Waals surface area (Å²) < 4.78 is 0. The molecule has 0 unspecified atom stereocenters. The fraction of sp³-hybridized carbons (Fsp3) is 0.214. The van der Waals surface area contributed by atoms with Gasteiger partial charge in [-0.05, 0) is 53.8 Å². The third-order valence-corrected chi connectivity index (χ3v) is 3.50. The van der Waals surface area contributed by atoms with Crippen molar-refractivity contribution in [3.05, 3.63) is 46.5 Å². The second kappa shape index (κ2) is 3.74. The molecular formula is C14H14S. The van der Waals surface area contributed by atoms with Gasteiger partial charge >= 0.3 is 0 Å². The first kappa shape index (κ1) is 10.3. The minimum atomic E-state index is 1.20. The lowest BCUT2D eigenvalue weighted by molar-refractivity contribution is 1.29. The molecule has 15 heavy (non-hydrogen) atoms. The van der Waals surface area contributed by atoms with Gasteiger partial charge in [0.25, 0.3) is 0 Å². The van der Waals surface area contributed by atoms with E-state index in [1.165, 1.54) is 33.0 Å². The average Bonchev–Trinajstić information content (AvgIpc) is 2.27. The summed E-state index contributed by atoms with van der Waals surface area (Å²) in [5.41, 5.74) is 5.22. The summed E-state index contributed by atoms with van der Waals surface area (Å²) in [7, 11) is 0. The van der Waals surface area contributed by atoms with E-state index in [-0.39, 0.29) is 0 Å². The standard InChI is InChI=1S/C14H14S/c1-9-10(2)12-6-4-5-7-13(12)14(8-15)11(9)3/h4-8H,1-3H3. The van der Waals surface area contributed by atoms with E-state index in [1.54, 1.807) is 5.37 Å². The van der Waals surface area contributed by atoms with Crippen molar-refractivity contribution in [3.63, 3.8) is 0 Å². The summed E-state index contributed by atoms with van der Waals surface area (Å²) in [6, 6.07) is 8.46. The van der Waals surface area contributed by atoms with E-state index in [0.717, 1.165) is 0 Å². The molecular weight excluding hydrogens is 200 g/mol. The lowest BCUT2D eigenvalue weighted by atomic mass is 9.92. The molecule has 0 spiro atoms. The van der Waals surface area contributed by atoms with Gasteiger partial charge in [0, 0.05) is 5.37 Å². The molecule has 0 radical (unpaired) electrons. The largest absolute Gasteiger partial charge is 0.0880 e. The summed E-state index contributed by atoms with van der Waals surface area (Å²) in [6.45, 7) is 6.49. The molecule has 0 saturated heterocycles. The maximum absolute atomic E-state index is 5.11. The van der Waals surface area contributed by atoms with Gasteiger partial charge < -0.3 is 0 Å². The smallest absolute Gasteiger partial charge is 0.00951 e. The van der Waals surface area contributed by atoms with Crippen LogP contribution in [-0.4, -0.2) is 5.37 Å². The van der Waals surface area contributed by atoms with Crippen molar-refractivity contribution in [1.82, 2.24) is 0 Å². The summed E-state index contributed by atoms with van der Waals surface area (Å²) in [5.74, 6) is 0. The Balaban J connectivity index is 3.04. The second-order valence-electron chi connectivity index (χ2n) is 3.95. The van der Waals surface area contributed by atoms with Gasteiger partial charge in [0.1, 0.15) is 0 Å². The first-order valence-electron chi connectivity index (χ1n) is 5.10. The van der Waals surface area contributed by atoms with Crippen LogP contribution in [0.25, 0.3) is 10.8 Å². The quantitative estimate of drug-likeness (QED) is 0.644. The lowest BCUT2D eigenvalue weighted by Crippen LogP contribution is -1.95. The van der Waals surface area contributed by atoms with Crippen LogP contribution in [0.15, 0.2) is 24.3 Å². The van der Waals surface area contributed by atoms with E-state index >= 15 is 0 Å². The van der Waals surface area contributed by atoms with Gasteiger partial charge in [0.2, 0.25) is 0 Å². The average molecular weight is 214 g/mol. The van der Waals surface area contributed by atoms with Crippen molar-refractivity contribution in [2.24, 2.45) is 0 Å². The monoisotopic (exact) mass is 214 g/mol. The van der Waals surface area contributed by atoms with Crippen molar-refractivity contribution in [1.29, 1.82) is 0 Å². The molecule has 0 aliphatic rings. The number of fused-ring (bicyclic) bond motifs is 1. The third-order valence-electron chi connectivity index (χ3n) is 3.27. The Morgan fingerprint density at radius 1 is 0.867 bits per heavy atom. The third kappa shape index (κ3) is 1.47. The minimum absolute atomic E-state index is 1.20. The molecule has 2 aromatic carbocycles. The van der Waals surface area contributed by atoms with Crippen LogP contribution < -0.4 is 0 Å².